The monoisotopic (exact) mass is 408 g/mol. The molecular formula is C22H36O5Si. The molecule has 0 saturated carbocycles. The Morgan fingerprint density at radius 2 is 1.86 bits per heavy atom. The molecule has 2 aliphatic carbocycles. The van der Waals surface area contributed by atoms with Gasteiger partial charge in [-0.25, -0.2) is 0 Å². The normalized spacial score (nSPS) is 41.4. The van der Waals surface area contributed by atoms with Crippen LogP contribution in [0.25, 0.3) is 0 Å². The van der Waals surface area contributed by atoms with Gasteiger partial charge >= 0.3 is 0 Å². The Hall–Kier alpha value is -0.503. The van der Waals surface area contributed by atoms with E-state index >= 15 is 0 Å². The number of fused-ring (bicyclic) bond motifs is 5. The van der Waals surface area contributed by atoms with Crippen molar-refractivity contribution in [3.8, 4) is 0 Å². The molecule has 0 amide bonds. The van der Waals surface area contributed by atoms with Crippen LogP contribution in [-0.2, 0) is 23.4 Å². The summed E-state index contributed by atoms with van der Waals surface area (Å²) in [6.45, 7) is 10.7. The number of hydrogen-bond donors (Lipinski definition) is 0. The van der Waals surface area contributed by atoms with Crippen LogP contribution in [0.1, 0.15) is 53.9 Å². The van der Waals surface area contributed by atoms with Gasteiger partial charge in [-0.3, -0.25) is 0 Å². The van der Waals surface area contributed by atoms with Crippen LogP contribution >= 0.6 is 0 Å². The van der Waals surface area contributed by atoms with Gasteiger partial charge in [0.1, 0.15) is 23.4 Å². The Bertz CT molecular complexity index is 662. The van der Waals surface area contributed by atoms with Gasteiger partial charge in [0.15, 0.2) is 20.4 Å². The van der Waals surface area contributed by atoms with E-state index in [1.807, 2.05) is 13.8 Å². The molecule has 5 atom stereocenters. The highest BCUT2D eigenvalue weighted by Crippen LogP contribution is 2.56. The molecule has 6 heteroatoms. The van der Waals surface area contributed by atoms with E-state index in [0.29, 0.717) is 0 Å². The molecule has 158 valence electrons. The summed E-state index contributed by atoms with van der Waals surface area (Å²) in [5, 5.41) is 0. The lowest BCUT2D eigenvalue weighted by atomic mass is 9.78. The Morgan fingerprint density at radius 1 is 1.14 bits per heavy atom. The minimum absolute atomic E-state index is 0.239. The van der Waals surface area contributed by atoms with Gasteiger partial charge in [0.05, 0.1) is 0 Å². The standard InChI is InChI=1S/C22H36O5Si/c1-7-28(8-2,9-3)27-21-14-10-12-16(21)13-11-15-22(23-6)17-18(24-19(21)22)26-20(4,5)25-17/h11-13,17-19H,7-10,14-15H2,1-6H3/t17-,18+,19-,21+,22-/m0/s1. The zero-order valence-electron chi connectivity index (χ0n) is 18.2. The molecule has 0 aromatic heterocycles. The second kappa shape index (κ2) is 7.03. The summed E-state index contributed by atoms with van der Waals surface area (Å²) in [5.74, 6) is -0.668. The molecule has 28 heavy (non-hydrogen) atoms. The number of hydrogen-bond acceptors (Lipinski definition) is 5. The van der Waals surface area contributed by atoms with E-state index in [9.17, 15) is 0 Å². The van der Waals surface area contributed by atoms with E-state index in [-0.39, 0.29) is 12.2 Å². The first kappa shape index (κ1) is 20.8. The molecule has 2 aliphatic heterocycles. The van der Waals surface area contributed by atoms with Crippen molar-refractivity contribution in [2.75, 3.05) is 7.11 Å². The molecule has 2 saturated heterocycles. The van der Waals surface area contributed by atoms with E-state index in [1.165, 1.54) is 5.57 Å². The van der Waals surface area contributed by atoms with Gasteiger partial charge in [-0.1, -0.05) is 39.0 Å². The first-order valence-corrected chi connectivity index (χ1v) is 13.5. The highest BCUT2D eigenvalue weighted by atomic mass is 28.4. The van der Waals surface area contributed by atoms with E-state index < -0.39 is 31.6 Å². The van der Waals surface area contributed by atoms with Crippen LogP contribution in [0.2, 0.25) is 18.1 Å². The summed E-state index contributed by atoms with van der Waals surface area (Å²) < 4.78 is 32.6. The zero-order chi connectivity index (χ0) is 20.2. The minimum atomic E-state index is -1.88. The molecule has 2 fully saturated rings. The predicted octanol–water partition coefficient (Wildman–Crippen LogP) is 4.69. The smallest absolute Gasteiger partial charge is 0.193 e. The average Bonchev–Trinajstić information content (AvgIpc) is 3.28. The minimum Gasteiger partial charge on any atom is -0.405 e. The zero-order valence-corrected chi connectivity index (χ0v) is 19.2. The molecule has 2 heterocycles. The Balaban J connectivity index is 1.79. The van der Waals surface area contributed by atoms with Crippen molar-refractivity contribution in [3.63, 3.8) is 0 Å². The molecule has 5 nitrogen and oxygen atoms in total. The van der Waals surface area contributed by atoms with Crippen molar-refractivity contribution in [1.29, 1.82) is 0 Å². The number of allylic oxidation sites excluding steroid dienone is 1. The summed E-state index contributed by atoms with van der Waals surface area (Å²) in [6.07, 6.45) is 8.53. The van der Waals surface area contributed by atoms with Crippen LogP contribution in [0.4, 0.5) is 0 Å². The maximum Gasteiger partial charge on any atom is 0.193 e. The first-order chi connectivity index (χ1) is 13.3. The molecule has 0 bridgehead atoms. The number of ether oxygens (including phenoxy) is 4. The molecule has 0 N–H and O–H groups in total. The van der Waals surface area contributed by atoms with Crippen molar-refractivity contribution < 1.29 is 23.4 Å². The lowest BCUT2D eigenvalue weighted by Crippen LogP contribution is -2.62. The summed E-state index contributed by atoms with van der Waals surface area (Å²) in [6, 6.07) is 3.33. The van der Waals surface area contributed by atoms with Gasteiger partial charge in [0.25, 0.3) is 0 Å². The summed E-state index contributed by atoms with van der Waals surface area (Å²) in [4.78, 5) is 0. The number of rotatable bonds is 6. The predicted molar refractivity (Wildman–Crippen MR) is 111 cm³/mol. The first-order valence-electron chi connectivity index (χ1n) is 10.9. The molecule has 4 rings (SSSR count). The van der Waals surface area contributed by atoms with Crippen molar-refractivity contribution in [2.45, 2.75) is 108 Å². The third-order valence-electron chi connectivity index (χ3n) is 7.49. The molecular weight excluding hydrogens is 372 g/mol. The summed E-state index contributed by atoms with van der Waals surface area (Å²) in [5.41, 5.74) is 0.172. The highest BCUT2D eigenvalue weighted by molar-refractivity contribution is 6.73. The van der Waals surface area contributed by atoms with Crippen molar-refractivity contribution in [2.24, 2.45) is 0 Å². The number of methoxy groups -OCH3 is 1. The maximum absolute atomic E-state index is 7.28. The molecule has 0 unspecified atom stereocenters. The van der Waals surface area contributed by atoms with E-state index in [4.69, 9.17) is 23.4 Å². The van der Waals surface area contributed by atoms with Gasteiger partial charge < -0.3 is 23.4 Å². The van der Waals surface area contributed by atoms with Gasteiger partial charge in [0, 0.05) is 13.5 Å². The van der Waals surface area contributed by atoms with Crippen LogP contribution in [0, 0.1) is 0 Å². The average molecular weight is 409 g/mol. The molecule has 0 radical (unpaired) electrons. The van der Waals surface area contributed by atoms with Crippen molar-refractivity contribution in [3.05, 3.63) is 23.8 Å². The Labute approximate surface area is 170 Å². The SMILES string of the molecule is CC[Si](CC)(CC)O[C@]12CCC=C1C=CC[C@@]1(OC)[C@H]2O[C@@H]2OC(C)(C)O[C@@H]21. The Morgan fingerprint density at radius 3 is 2.50 bits per heavy atom. The van der Waals surface area contributed by atoms with Crippen LogP contribution in [0.3, 0.4) is 0 Å². The molecule has 4 aliphatic rings. The van der Waals surface area contributed by atoms with E-state index in [1.54, 1.807) is 7.11 Å². The summed E-state index contributed by atoms with van der Waals surface area (Å²) >= 11 is 0. The third-order valence-corrected chi connectivity index (χ3v) is 12.2. The molecule has 0 aromatic rings. The van der Waals surface area contributed by atoms with E-state index in [0.717, 1.165) is 37.4 Å². The highest BCUT2D eigenvalue weighted by Gasteiger charge is 2.70. The van der Waals surface area contributed by atoms with Crippen molar-refractivity contribution >= 4 is 8.32 Å². The van der Waals surface area contributed by atoms with Crippen LogP contribution < -0.4 is 0 Å². The fourth-order valence-corrected chi connectivity index (χ4v) is 8.76. The van der Waals surface area contributed by atoms with E-state index in [2.05, 4.69) is 39.0 Å². The largest absolute Gasteiger partial charge is 0.405 e. The topological polar surface area (TPSA) is 46.2 Å². The molecule has 0 aromatic carbocycles. The van der Waals surface area contributed by atoms with Gasteiger partial charge in [-0.05, 0) is 50.4 Å². The van der Waals surface area contributed by atoms with Crippen molar-refractivity contribution in [1.82, 2.24) is 0 Å². The van der Waals surface area contributed by atoms with Gasteiger partial charge in [0.2, 0.25) is 0 Å². The molecule has 0 spiro atoms. The summed E-state index contributed by atoms with van der Waals surface area (Å²) in [7, 11) is -0.104. The third kappa shape index (κ3) is 2.83. The lowest BCUT2D eigenvalue weighted by molar-refractivity contribution is -0.253. The maximum atomic E-state index is 7.28. The van der Waals surface area contributed by atoms with Gasteiger partial charge in [-0.2, -0.15) is 0 Å². The lowest BCUT2D eigenvalue weighted by Gasteiger charge is -2.49. The van der Waals surface area contributed by atoms with Crippen LogP contribution in [0.15, 0.2) is 23.8 Å². The fraction of sp³-hybridized carbons (Fsp3) is 0.818. The van der Waals surface area contributed by atoms with Crippen LogP contribution in [0.5, 0.6) is 0 Å². The second-order valence-electron chi connectivity index (χ2n) is 9.14. The fourth-order valence-electron chi connectivity index (χ4n) is 5.73. The quantitative estimate of drug-likeness (QED) is 0.597. The van der Waals surface area contributed by atoms with Crippen LogP contribution in [-0.4, -0.2) is 50.9 Å². The Kier molecular flexibility index (Phi) is 5.21. The van der Waals surface area contributed by atoms with Gasteiger partial charge in [-0.15, -0.1) is 0 Å². The second-order valence-corrected chi connectivity index (χ2v) is 13.8.